The summed E-state index contributed by atoms with van der Waals surface area (Å²) in [6.07, 6.45) is 3.57. The summed E-state index contributed by atoms with van der Waals surface area (Å²) in [5, 5.41) is 0. The third kappa shape index (κ3) is 3.99. The summed E-state index contributed by atoms with van der Waals surface area (Å²) in [6.45, 7) is 7.69. The third-order valence-corrected chi connectivity index (χ3v) is 3.80. The molecule has 3 heteroatoms. The van der Waals surface area contributed by atoms with Crippen LogP contribution >= 0.6 is 0 Å². The number of hydrogen-bond donors (Lipinski definition) is 0. The monoisotopic (exact) mass is 282 g/mol. The van der Waals surface area contributed by atoms with Gasteiger partial charge in [0.15, 0.2) is 5.78 Å². The maximum absolute atomic E-state index is 12.6. The van der Waals surface area contributed by atoms with Crippen LogP contribution in [0.1, 0.15) is 35.3 Å². The van der Waals surface area contributed by atoms with Gasteiger partial charge in [-0.3, -0.25) is 14.7 Å². The van der Waals surface area contributed by atoms with E-state index >= 15 is 0 Å². The molecule has 0 bridgehead atoms. The van der Waals surface area contributed by atoms with Crippen LogP contribution in [0.25, 0.3) is 0 Å². The normalized spacial score (nSPS) is 12.4. The Kier molecular flexibility index (Phi) is 5.23. The van der Waals surface area contributed by atoms with E-state index < -0.39 is 0 Å². The lowest BCUT2D eigenvalue weighted by Crippen LogP contribution is -2.38. The van der Waals surface area contributed by atoms with Crippen molar-refractivity contribution in [2.24, 2.45) is 0 Å². The third-order valence-electron chi connectivity index (χ3n) is 3.80. The van der Waals surface area contributed by atoms with E-state index in [4.69, 9.17) is 0 Å². The van der Waals surface area contributed by atoms with Gasteiger partial charge in [0, 0.05) is 24.5 Å². The van der Waals surface area contributed by atoms with Crippen LogP contribution in [-0.2, 0) is 6.54 Å². The second-order valence-corrected chi connectivity index (χ2v) is 5.32. The van der Waals surface area contributed by atoms with Crippen LogP contribution in [0.15, 0.2) is 48.8 Å². The van der Waals surface area contributed by atoms with Crippen LogP contribution in [0.3, 0.4) is 0 Å². The number of rotatable bonds is 6. The van der Waals surface area contributed by atoms with Gasteiger partial charge in [0.05, 0.1) is 6.04 Å². The highest BCUT2D eigenvalue weighted by molar-refractivity contribution is 5.99. The maximum atomic E-state index is 12.6. The van der Waals surface area contributed by atoms with Gasteiger partial charge in [0.1, 0.15) is 0 Å². The SMILES string of the molecule is CCN(Cc1ccncc1)C(C)C(=O)c1ccc(C)cc1. The predicted molar refractivity (Wildman–Crippen MR) is 85.3 cm³/mol. The number of carbonyl (C=O) groups is 1. The highest BCUT2D eigenvalue weighted by atomic mass is 16.1. The Bertz CT molecular complexity index is 578. The van der Waals surface area contributed by atoms with Crippen LogP contribution in [0.4, 0.5) is 0 Å². The number of benzene rings is 1. The number of hydrogen-bond acceptors (Lipinski definition) is 3. The zero-order chi connectivity index (χ0) is 15.2. The zero-order valence-electron chi connectivity index (χ0n) is 12.9. The molecule has 0 N–H and O–H groups in total. The largest absolute Gasteiger partial charge is 0.292 e. The minimum atomic E-state index is -0.133. The number of pyridine rings is 1. The fourth-order valence-electron chi connectivity index (χ4n) is 2.37. The highest BCUT2D eigenvalue weighted by Crippen LogP contribution is 2.13. The number of nitrogens with zero attached hydrogens (tertiary/aromatic N) is 2. The molecule has 0 amide bonds. The molecule has 0 aliphatic rings. The molecule has 1 atom stereocenters. The standard InChI is InChI=1S/C18H22N2O/c1-4-20(13-16-9-11-19-12-10-16)15(3)18(21)17-7-5-14(2)6-8-17/h5-12,15H,4,13H2,1-3H3. The second-order valence-electron chi connectivity index (χ2n) is 5.32. The van der Waals surface area contributed by atoms with Gasteiger partial charge in [-0.1, -0.05) is 36.8 Å². The fourth-order valence-corrected chi connectivity index (χ4v) is 2.37. The summed E-state index contributed by atoms with van der Waals surface area (Å²) in [5.74, 6) is 0.172. The molecule has 110 valence electrons. The average Bonchev–Trinajstić information content (AvgIpc) is 2.53. The van der Waals surface area contributed by atoms with Gasteiger partial charge >= 0.3 is 0 Å². The van der Waals surface area contributed by atoms with Crippen molar-refractivity contribution in [1.82, 2.24) is 9.88 Å². The molecule has 1 heterocycles. The van der Waals surface area contributed by atoms with E-state index in [0.717, 1.165) is 18.7 Å². The molecule has 1 aromatic heterocycles. The number of aromatic nitrogens is 1. The van der Waals surface area contributed by atoms with Crippen molar-refractivity contribution in [3.05, 3.63) is 65.5 Å². The number of ketones is 1. The molecular formula is C18H22N2O. The van der Waals surface area contributed by atoms with Crippen molar-refractivity contribution < 1.29 is 4.79 Å². The Morgan fingerprint density at radius 3 is 2.33 bits per heavy atom. The topological polar surface area (TPSA) is 33.2 Å². The van der Waals surface area contributed by atoms with Crippen LogP contribution in [0, 0.1) is 6.92 Å². The molecule has 2 aromatic rings. The Balaban J connectivity index is 2.10. The summed E-state index contributed by atoms with van der Waals surface area (Å²) < 4.78 is 0. The summed E-state index contributed by atoms with van der Waals surface area (Å²) in [5.41, 5.74) is 3.13. The molecular weight excluding hydrogens is 260 g/mol. The van der Waals surface area contributed by atoms with Crippen molar-refractivity contribution in [2.45, 2.75) is 33.4 Å². The van der Waals surface area contributed by atoms with Crippen LogP contribution in [0.2, 0.25) is 0 Å². The highest BCUT2D eigenvalue weighted by Gasteiger charge is 2.21. The van der Waals surface area contributed by atoms with Crippen molar-refractivity contribution >= 4 is 5.78 Å². The van der Waals surface area contributed by atoms with E-state index in [9.17, 15) is 4.79 Å². The summed E-state index contributed by atoms with van der Waals surface area (Å²) in [6, 6.07) is 11.6. The van der Waals surface area contributed by atoms with E-state index in [-0.39, 0.29) is 11.8 Å². The second kappa shape index (κ2) is 7.14. The fraction of sp³-hybridized carbons (Fsp3) is 0.333. The molecule has 3 nitrogen and oxygen atoms in total. The summed E-state index contributed by atoms with van der Waals surface area (Å²) >= 11 is 0. The van der Waals surface area contributed by atoms with Crippen LogP contribution in [0.5, 0.6) is 0 Å². The van der Waals surface area contributed by atoms with Gasteiger partial charge in [0.2, 0.25) is 0 Å². The average molecular weight is 282 g/mol. The minimum absolute atomic E-state index is 0.133. The summed E-state index contributed by atoms with van der Waals surface area (Å²) in [4.78, 5) is 18.8. The number of aryl methyl sites for hydroxylation is 1. The molecule has 2 rings (SSSR count). The van der Waals surface area contributed by atoms with Gasteiger partial charge in [-0.25, -0.2) is 0 Å². The van der Waals surface area contributed by atoms with Gasteiger partial charge in [-0.05, 0) is 38.1 Å². The first kappa shape index (κ1) is 15.4. The van der Waals surface area contributed by atoms with E-state index in [0.29, 0.717) is 0 Å². The molecule has 0 fully saturated rings. The first-order valence-corrected chi connectivity index (χ1v) is 7.35. The van der Waals surface area contributed by atoms with Gasteiger partial charge in [-0.2, -0.15) is 0 Å². The first-order valence-electron chi connectivity index (χ1n) is 7.35. The van der Waals surface area contributed by atoms with Crippen molar-refractivity contribution in [3.8, 4) is 0 Å². The first-order chi connectivity index (χ1) is 10.1. The lowest BCUT2D eigenvalue weighted by molar-refractivity contribution is 0.0835. The molecule has 1 aromatic carbocycles. The Hall–Kier alpha value is -2.00. The molecule has 0 radical (unpaired) electrons. The molecule has 21 heavy (non-hydrogen) atoms. The van der Waals surface area contributed by atoms with Gasteiger partial charge in [0.25, 0.3) is 0 Å². The lowest BCUT2D eigenvalue weighted by Gasteiger charge is -2.26. The van der Waals surface area contributed by atoms with Crippen molar-refractivity contribution in [2.75, 3.05) is 6.54 Å². The summed E-state index contributed by atoms with van der Waals surface area (Å²) in [7, 11) is 0. The molecule has 0 aliphatic carbocycles. The van der Waals surface area contributed by atoms with Crippen molar-refractivity contribution in [1.29, 1.82) is 0 Å². The predicted octanol–water partition coefficient (Wildman–Crippen LogP) is 3.48. The number of Topliss-reactive ketones (excluding diaryl/α,β-unsaturated/α-hetero) is 1. The number of carbonyl (C=O) groups excluding carboxylic acids is 1. The van der Waals surface area contributed by atoms with Crippen LogP contribution in [-0.4, -0.2) is 28.3 Å². The molecule has 0 aliphatic heterocycles. The Labute approximate surface area is 126 Å². The van der Waals surface area contributed by atoms with Crippen LogP contribution < -0.4 is 0 Å². The molecule has 1 unspecified atom stereocenters. The van der Waals surface area contributed by atoms with Crippen molar-refractivity contribution in [3.63, 3.8) is 0 Å². The smallest absolute Gasteiger partial charge is 0.179 e. The minimum Gasteiger partial charge on any atom is -0.292 e. The Morgan fingerprint density at radius 2 is 1.76 bits per heavy atom. The zero-order valence-corrected chi connectivity index (χ0v) is 12.9. The van der Waals surface area contributed by atoms with E-state index in [1.807, 2.05) is 50.2 Å². The van der Waals surface area contributed by atoms with Gasteiger partial charge < -0.3 is 0 Å². The molecule has 0 saturated carbocycles. The quantitative estimate of drug-likeness (QED) is 0.760. The lowest BCUT2D eigenvalue weighted by atomic mass is 10.0. The number of likely N-dealkylation sites (N-methyl/N-ethyl adjacent to an activating group) is 1. The Morgan fingerprint density at radius 1 is 1.14 bits per heavy atom. The van der Waals surface area contributed by atoms with E-state index in [2.05, 4.69) is 16.8 Å². The van der Waals surface area contributed by atoms with E-state index in [1.165, 1.54) is 11.1 Å². The van der Waals surface area contributed by atoms with Gasteiger partial charge in [-0.15, -0.1) is 0 Å². The molecule has 0 saturated heterocycles. The maximum Gasteiger partial charge on any atom is 0.179 e. The molecule has 0 spiro atoms. The van der Waals surface area contributed by atoms with E-state index in [1.54, 1.807) is 12.4 Å².